The maximum atomic E-state index is 12.0. The predicted molar refractivity (Wildman–Crippen MR) is 80.1 cm³/mol. The smallest absolute Gasteiger partial charge is 0.275 e. The molecule has 1 aliphatic rings. The van der Waals surface area contributed by atoms with Crippen molar-refractivity contribution in [3.63, 3.8) is 0 Å². The van der Waals surface area contributed by atoms with Crippen LogP contribution in [0.2, 0.25) is 0 Å². The van der Waals surface area contributed by atoms with Crippen LogP contribution in [0.4, 0.5) is 0 Å². The molecular weight excluding hydrogens is 272 g/mol. The molecule has 0 aliphatic heterocycles. The standard InChI is InChI=1S/C14H20N4OS/c1-9(2)17(7-11-4-5-11)8-12-6-13(19)18-14(15-12)20-10(3)16-18/h6,9,11H,4-5,7-8H2,1-3H3. The average Bonchev–Trinajstić information content (AvgIpc) is 3.09. The van der Waals surface area contributed by atoms with E-state index in [0.29, 0.717) is 11.0 Å². The van der Waals surface area contributed by atoms with E-state index in [9.17, 15) is 4.79 Å². The lowest BCUT2D eigenvalue weighted by molar-refractivity contribution is 0.201. The van der Waals surface area contributed by atoms with Gasteiger partial charge in [-0.2, -0.15) is 9.61 Å². The lowest BCUT2D eigenvalue weighted by Gasteiger charge is -2.25. The maximum Gasteiger partial charge on any atom is 0.275 e. The SMILES string of the molecule is Cc1nn2c(=O)cc(CN(CC3CC3)C(C)C)nc2s1. The summed E-state index contributed by atoms with van der Waals surface area (Å²) in [6.45, 7) is 8.15. The Morgan fingerprint density at radius 3 is 2.90 bits per heavy atom. The fourth-order valence-electron chi connectivity index (χ4n) is 2.33. The van der Waals surface area contributed by atoms with Crippen molar-refractivity contribution in [1.29, 1.82) is 0 Å². The summed E-state index contributed by atoms with van der Waals surface area (Å²) in [7, 11) is 0. The zero-order chi connectivity index (χ0) is 14.3. The van der Waals surface area contributed by atoms with E-state index in [-0.39, 0.29) is 5.56 Å². The fraction of sp³-hybridized carbons (Fsp3) is 0.643. The molecule has 0 amide bonds. The van der Waals surface area contributed by atoms with Crippen molar-refractivity contribution >= 4 is 16.3 Å². The first kappa shape index (κ1) is 13.7. The summed E-state index contributed by atoms with van der Waals surface area (Å²) in [6, 6.07) is 2.09. The predicted octanol–water partition coefficient (Wildman–Crippen LogP) is 2.08. The van der Waals surface area contributed by atoms with E-state index in [1.165, 1.54) is 28.7 Å². The lowest BCUT2D eigenvalue weighted by Crippen LogP contribution is -2.33. The molecule has 2 heterocycles. The Bertz CT molecular complexity index is 671. The molecule has 1 saturated carbocycles. The van der Waals surface area contributed by atoms with Crippen LogP contribution in [0, 0.1) is 12.8 Å². The van der Waals surface area contributed by atoms with E-state index in [1.54, 1.807) is 6.07 Å². The zero-order valence-corrected chi connectivity index (χ0v) is 13.0. The minimum absolute atomic E-state index is 0.0792. The van der Waals surface area contributed by atoms with Gasteiger partial charge in [0.05, 0.1) is 5.69 Å². The Kier molecular flexibility index (Phi) is 3.60. The molecule has 1 fully saturated rings. The third kappa shape index (κ3) is 2.91. The fourth-order valence-corrected chi connectivity index (χ4v) is 3.10. The Labute approximate surface area is 122 Å². The average molecular weight is 292 g/mol. The summed E-state index contributed by atoms with van der Waals surface area (Å²) in [4.78, 5) is 19.7. The van der Waals surface area contributed by atoms with E-state index >= 15 is 0 Å². The summed E-state index contributed by atoms with van der Waals surface area (Å²) in [6.07, 6.45) is 2.68. The summed E-state index contributed by atoms with van der Waals surface area (Å²) in [5.74, 6) is 0.841. The quantitative estimate of drug-likeness (QED) is 0.846. The van der Waals surface area contributed by atoms with Gasteiger partial charge in [-0.15, -0.1) is 0 Å². The number of fused-ring (bicyclic) bond motifs is 1. The third-order valence-electron chi connectivity index (χ3n) is 3.68. The first-order valence-corrected chi connectivity index (χ1v) is 7.95. The van der Waals surface area contributed by atoms with Crippen molar-refractivity contribution in [3.8, 4) is 0 Å². The van der Waals surface area contributed by atoms with Gasteiger partial charge < -0.3 is 0 Å². The van der Waals surface area contributed by atoms with Crippen molar-refractivity contribution in [2.45, 2.75) is 46.2 Å². The number of rotatable bonds is 5. The van der Waals surface area contributed by atoms with Crippen LogP contribution in [0.25, 0.3) is 4.96 Å². The molecule has 2 aromatic heterocycles. The van der Waals surface area contributed by atoms with E-state index in [2.05, 4.69) is 28.8 Å². The second kappa shape index (κ2) is 5.26. The Balaban J connectivity index is 1.86. The molecule has 0 radical (unpaired) electrons. The van der Waals surface area contributed by atoms with Crippen LogP contribution < -0.4 is 5.56 Å². The largest absolute Gasteiger partial charge is 0.295 e. The molecule has 0 aromatic carbocycles. The number of nitrogens with zero attached hydrogens (tertiary/aromatic N) is 4. The van der Waals surface area contributed by atoms with Crippen LogP contribution in [0.1, 0.15) is 37.4 Å². The van der Waals surface area contributed by atoms with Crippen LogP contribution in [-0.2, 0) is 6.54 Å². The Hall–Kier alpha value is -1.27. The van der Waals surface area contributed by atoms with Gasteiger partial charge in [0.2, 0.25) is 4.96 Å². The molecular formula is C14H20N4OS. The maximum absolute atomic E-state index is 12.0. The van der Waals surface area contributed by atoms with Crippen molar-refractivity contribution in [2.75, 3.05) is 6.54 Å². The monoisotopic (exact) mass is 292 g/mol. The molecule has 0 unspecified atom stereocenters. The lowest BCUT2D eigenvalue weighted by atomic mass is 10.2. The summed E-state index contributed by atoms with van der Waals surface area (Å²) in [5.41, 5.74) is 0.775. The van der Waals surface area contributed by atoms with E-state index in [4.69, 9.17) is 0 Å². The van der Waals surface area contributed by atoms with Crippen molar-refractivity contribution in [1.82, 2.24) is 19.5 Å². The Morgan fingerprint density at radius 2 is 2.25 bits per heavy atom. The second-order valence-corrected chi connectivity index (χ2v) is 7.03. The highest BCUT2D eigenvalue weighted by Crippen LogP contribution is 2.30. The molecule has 108 valence electrons. The van der Waals surface area contributed by atoms with E-state index in [0.717, 1.165) is 29.7 Å². The minimum atomic E-state index is -0.0792. The molecule has 0 saturated heterocycles. The number of hydrogen-bond acceptors (Lipinski definition) is 5. The van der Waals surface area contributed by atoms with Gasteiger partial charge in [-0.25, -0.2) is 4.98 Å². The van der Waals surface area contributed by atoms with Gasteiger partial charge in [-0.05, 0) is 39.5 Å². The van der Waals surface area contributed by atoms with Gasteiger partial charge in [0.1, 0.15) is 5.01 Å². The minimum Gasteiger partial charge on any atom is -0.295 e. The van der Waals surface area contributed by atoms with Gasteiger partial charge in [0.25, 0.3) is 5.56 Å². The zero-order valence-electron chi connectivity index (χ0n) is 12.2. The highest BCUT2D eigenvalue weighted by atomic mass is 32.1. The highest BCUT2D eigenvalue weighted by Gasteiger charge is 2.25. The van der Waals surface area contributed by atoms with E-state index in [1.807, 2.05) is 6.92 Å². The second-order valence-electron chi connectivity index (χ2n) is 5.87. The molecule has 20 heavy (non-hydrogen) atoms. The number of hydrogen-bond donors (Lipinski definition) is 0. The molecule has 0 N–H and O–H groups in total. The number of aryl methyl sites for hydroxylation is 1. The first-order chi connectivity index (χ1) is 9.52. The van der Waals surface area contributed by atoms with Crippen LogP contribution in [-0.4, -0.2) is 32.1 Å². The van der Waals surface area contributed by atoms with Crippen molar-refractivity contribution < 1.29 is 0 Å². The van der Waals surface area contributed by atoms with Crippen molar-refractivity contribution in [3.05, 3.63) is 27.1 Å². The van der Waals surface area contributed by atoms with Gasteiger partial charge >= 0.3 is 0 Å². The van der Waals surface area contributed by atoms with Crippen LogP contribution in [0.5, 0.6) is 0 Å². The summed E-state index contributed by atoms with van der Waals surface area (Å²) < 4.78 is 1.39. The third-order valence-corrected chi connectivity index (χ3v) is 4.51. The van der Waals surface area contributed by atoms with Crippen LogP contribution in [0.15, 0.2) is 10.9 Å². The summed E-state index contributed by atoms with van der Waals surface area (Å²) in [5, 5.41) is 5.04. The van der Waals surface area contributed by atoms with Gasteiger partial charge in [-0.3, -0.25) is 9.69 Å². The molecule has 5 nitrogen and oxygen atoms in total. The van der Waals surface area contributed by atoms with Crippen LogP contribution >= 0.6 is 11.3 Å². The highest BCUT2D eigenvalue weighted by molar-refractivity contribution is 7.16. The first-order valence-electron chi connectivity index (χ1n) is 7.13. The normalized spacial score (nSPS) is 15.7. The van der Waals surface area contributed by atoms with Crippen molar-refractivity contribution in [2.24, 2.45) is 5.92 Å². The van der Waals surface area contributed by atoms with Crippen LogP contribution in [0.3, 0.4) is 0 Å². The summed E-state index contributed by atoms with van der Waals surface area (Å²) >= 11 is 1.46. The molecule has 2 aromatic rings. The molecule has 0 spiro atoms. The molecule has 3 rings (SSSR count). The molecule has 1 aliphatic carbocycles. The van der Waals surface area contributed by atoms with E-state index < -0.39 is 0 Å². The molecule has 6 heteroatoms. The van der Waals surface area contributed by atoms with Gasteiger partial charge in [0, 0.05) is 25.2 Å². The Morgan fingerprint density at radius 1 is 1.50 bits per heavy atom. The number of aromatic nitrogens is 3. The topological polar surface area (TPSA) is 50.5 Å². The molecule has 0 bridgehead atoms. The van der Waals surface area contributed by atoms with Gasteiger partial charge in [-0.1, -0.05) is 11.3 Å². The van der Waals surface area contributed by atoms with Gasteiger partial charge in [0.15, 0.2) is 0 Å². The molecule has 0 atom stereocenters.